The zero-order valence-corrected chi connectivity index (χ0v) is 16.9. The van der Waals surface area contributed by atoms with E-state index in [1.54, 1.807) is 12.4 Å². The molecule has 1 aliphatic heterocycles. The molecule has 3 heterocycles. The normalized spacial score (nSPS) is 19.2. The summed E-state index contributed by atoms with van der Waals surface area (Å²) in [5.41, 5.74) is 0.778. The predicted molar refractivity (Wildman–Crippen MR) is 106 cm³/mol. The number of amides is 1. The molecule has 0 spiro atoms. The van der Waals surface area contributed by atoms with Crippen LogP contribution in [0.1, 0.15) is 64.6 Å². The molecule has 0 N–H and O–H groups in total. The lowest BCUT2D eigenvalue weighted by Crippen LogP contribution is -2.47. The van der Waals surface area contributed by atoms with Gasteiger partial charge in [0.1, 0.15) is 0 Å². The molecule has 0 bridgehead atoms. The monoisotopic (exact) mass is 382 g/mol. The van der Waals surface area contributed by atoms with Gasteiger partial charge in [0.2, 0.25) is 5.91 Å². The summed E-state index contributed by atoms with van der Waals surface area (Å²) in [6.45, 7) is 5.79. The van der Waals surface area contributed by atoms with Crippen LogP contribution in [0.25, 0.3) is 11.5 Å². The SMILES string of the molecule is CCC(CC)C(=O)N1CCC(CC2CC2)(c2noc(-c3cccnc3)n2)CC1. The van der Waals surface area contributed by atoms with Gasteiger partial charge in [0.05, 0.1) is 5.56 Å². The molecule has 2 aromatic rings. The first kappa shape index (κ1) is 19.1. The van der Waals surface area contributed by atoms with E-state index in [0.717, 1.165) is 62.5 Å². The first-order valence-corrected chi connectivity index (χ1v) is 10.7. The Bertz CT molecular complexity index is 788. The summed E-state index contributed by atoms with van der Waals surface area (Å²) >= 11 is 0. The number of aromatic nitrogens is 3. The average molecular weight is 383 g/mol. The maximum atomic E-state index is 12.8. The molecule has 1 amide bonds. The highest BCUT2D eigenvalue weighted by Gasteiger charge is 2.45. The van der Waals surface area contributed by atoms with Crippen molar-refractivity contribution >= 4 is 5.91 Å². The third-order valence-electron chi connectivity index (χ3n) is 6.55. The van der Waals surface area contributed by atoms with Gasteiger partial charge in [-0.2, -0.15) is 4.98 Å². The molecule has 0 atom stereocenters. The quantitative estimate of drug-likeness (QED) is 0.717. The van der Waals surface area contributed by atoms with Gasteiger partial charge in [-0.1, -0.05) is 31.8 Å². The van der Waals surface area contributed by atoms with E-state index in [0.29, 0.717) is 11.8 Å². The van der Waals surface area contributed by atoms with Crippen molar-refractivity contribution in [1.82, 2.24) is 20.0 Å². The zero-order chi connectivity index (χ0) is 19.6. The number of carbonyl (C=O) groups is 1. The van der Waals surface area contributed by atoms with Gasteiger partial charge in [-0.05, 0) is 50.2 Å². The fourth-order valence-electron chi connectivity index (χ4n) is 4.49. The highest BCUT2D eigenvalue weighted by atomic mass is 16.5. The van der Waals surface area contributed by atoms with Gasteiger partial charge in [0.15, 0.2) is 5.82 Å². The molecule has 0 unspecified atom stereocenters. The molecular formula is C22H30N4O2. The summed E-state index contributed by atoms with van der Waals surface area (Å²) in [5.74, 6) is 2.58. The molecule has 2 fully saturated rings. The van der Waals surface area contributed by atoms with Crippen molar-refractivity contribution in [3.8, 4) is 11.5 Å². The second-order valence-electron chi connectivity index (χ2n) is 8.43. The number of rotatable bonds is 7. The molecule has 1 aliphatic carbocycles. The van der Waals surface area contributed by atoms with E-state index in [-0.39, 0.29) is 11.3 Å². The minimum Gasteiger partial charge on any atom is -0.342 e. The van der Waals surface area contributed by atoms with Gasteiger partial charge >= 0.3 is 0 Å². The third-order valence-corrected chi connectivity index (χ3v) is 6.55. The van der Waals surface area contributed by atoms with Gasteiger partial charge in [-0.15, -0.1) is 0 Å². The summed E-state index contributed by atoms with van der Waals surface area (Å²) in [4.78, 5) is 23.8. The second kappa shape index (κ2) is 8.02. The van der Waals surface area contributed by atoms with E-state index >= 15 is 0 Å². The van der Waals surface area contributed by atoms with E-state index in [1.165, 1.54) is 12.8 Å². The smallest absolute Gasteiger partial charge is 0.259 e. The molecule has 0 aromatic carbocycles. The summed E-state index contributed by atoms with van der Waals surface area (Å²) in [6.07, 6.45) is 10.9. The van der Waals surface area contributed by atoms with Crippen LogP contribution in [0, 0.1) is 11.8 Å². The van der Waals surface area contributed by atoms with E-state index in [2.05, 4.69) is 28.9 Å². The highest BCUT2D eigenvalue weighted by Crippen LogP contribution is 2.47. The maximum Gasteiger partial charge on any atom is 0.259 e. The van der Waals surface area contributed by atoms with Crippen LogP contribution in [0.15, 0.2) is 29.0 Å². The molecule has 28 heavy (non-hydrogen) atoms. The minimum absolute atomic E-state index is 0.0736. The molecule has 6 heteroatoms. The van der Waals surface area contributed by atoms with Crippen LogP contribution in [0.4, 0.5) is 0 Å². The first-order chi connectivity index (χ1) is 13.6. The van der Waals surface area contributed by atoms with Crippen LogP contribution in [0.5, 0.6) is 0 Å². The number of hydrogen-bond acceptors (Lipinski definition) is 5. The van der Waals surface area contributed by atoms with Crippen molar-refractivity contribution < 1.29 is 9.32 Å². The fraction of sp³-hybridized carbons (Fsp3) is 0.636. The molecular weight excluding hydrogens is 352 g/mol. The Balaban J connectivity index is 1.53. The van der Waals surface area contributed by atoms with E-state index in [9.17, 15) is 4.79 Å². The van der Waals surface area contributed by atoms with Crippen molar-refractivity contribution in [3.63, 3.8) is 0 Å². The molecule has 1 saturated heterocycles. The summed E-state index contributed by atoms with van der Waals surface area (Å²) in [5, 5.41) is 4.39. The average Bonchev–Trinajstić information content (AvgIpc) is 3.40. The second-order valence-corrected chi connectivity index (χ2v) is 8.43. The molecule has 0 radical (unpaired) electrons. The van der Waals surface area contributed by atoms with Crippen LogP contribution in [-0.4, -0.2) is 39.0 Å². The van der Waals surface area contributed by atoms with Gasteiger partial charge in [-0.3, -0.25) is 9.78 Å². The Kier molecular flexibility index (Phi) is 5.47. The molecule has 2 aliphatic rings. The standard InChI is InChI=1S/C22H30N4O2/c1-3-17(4-2)20(27)26-12-9-22(10-13-26,14-16-7-8-16)21-24-19(28-25-21)18-6-5-11-23-15-18/h5-6,11,15-17H,3-4,7-10,12-14H2,1-2H3. The van der Waals surface area contributed by atoms with Crippen molar-refractivity contribution in [2.45, 2.75) is 64.2 Å². The number of carbonyl (C=O) groups excluding carboxylic acids is 1. The molecule has 4 rings (SSSR count). The zero-order valence-electron chi connectivity index (χ0n) is 16.9. The van der Waals surface area contributed by atoms with Crippen LogP contribution in [-0.2, 0) is 10.2 Å². The number of likely N-dealkylation sites (tertiary alicyclic amines) is 1. The summed E-state index contributed by atoms with van der Waals surface area (Å²) in [6, 6.07) is 3.82. The Labute approximate surface area is 166 Å². The number of piperidine rings is 1. The van der Waals surface area contributed by atoms with E-state index in [4.69, 9.17) is 9.51 Å². The van der Waals surface area contributed by atoms with E-state index < -0.39 is 0 Å². The molecule has 2 aromatic heterocycles. The highest BCUT2D eigenvalue weighted by molar-refractivity contribution is 5.78. The van der Waals surface area contributed by atoms with Gasteiger partial charge in [-0.25, -0.2) is 0 Å². The van der Waals surface area contributed by atoms with Crippen molar-refractivity contribution in [3.05, 3.63) is 30.4 Å². The van der Waals surface area contributed by atoms with Crippen molar-refractivity contribution in [1.29, 1.82) is 0 Å². The minimum atomic E-state index is -0.0736. The fourth-order valence-corrected chi connectivity index (χ4v) is 4.49. The molecule has 1 saturated carbocycles. The van der Waals surface area contributed by atoms with Crippen LogP contribution in [0.2, 0.25) is 0 Å². The lowest BCUT2D eigenvalue weighted by Gasteiger charge is -2.41. The molecule has 150 valence electrons. The maximum absolute atomic E-state index is 12.8. The van der Waals surface area contributed by atoms with Crippen LogP contribution in [0.3, 0.4) is 0 Å². The van der Waals surface area contributed by atoms with E-state index in [1.807, 2.05) is 12.1 Å². The first-order valence-electron chi connectivity index (χ1n) is 10.7. The van der Waals surface area contributed by atoms with Crippen molar-refractivity contribution in [2.24, 2.45) is 11.8 Å². The predicted octanol–water partition coefficient (Wildman–Crippen LogP) is 4.23. The Morgan fingerprint density at radius 2 is 2.04 bits per heavy atom. The summed E-state index contributed by atoms with van der Waals surface area (Å²) < 4.78 is 5.60. The number of hydrogen-bond donors (Lipinski definition) is 0. The molecule has 6 nitrogen and oxygen atoms in total. The van der Waals surface area contributed by atoms with Gasteiger partial charge < -0.3 is 9.42 Å². The van der Waals surface area contributed by atoms with Crippen molar-refractivity contribution in [2.75, 3.05) is 13.1 Å². The number of nitrogens with zero attached hydrogens (tertiary/aromatic N) is 4. The van der Waals surface area contributed by atoms with Crippen LogP contribution >= 0.6 is 0 Å². The largest absolute Gasteiger partial charge is 0.342 e. The third kappa shape index (κ3) is 3.82. The van der Waals surface area contributed by atoms with Gasteiger partial charge in [0.25, 0.3) is 5.89 Å². The Morgan fingerprint density at radius 3 is 2.64 bits per heavy atom. The summed E-state index contributed by atoms with van der Waals surface area (Å²) in [7, 11) is 0. The van der Waals surface area contributed by atoms with Gasteiger partial charge in [0, 0.05) is 36.8 Å². The topological polar surface area (TPSA) is 72.1 Å². The number of pyridine rings is 1. The lowest BCUT2D eigenvalue weighted by molar-refractivity contribution is -0.137. The Hall–Kier alpha value is -2.24. The van der Waals surface area contributed by atoms with Crippen LogP contribution < -0.4 is 0 Å². The Morgan fingerprint density at radius 1 is 1.29 bits per heavy atom. The lowest BCUT2D eigenvalue weighted by atomic mass is 9.73.